The molecule has 3 rings (SSSR count). The smallest absolute Gasteiger partial charge is 0.236 e. The van der Waals surface area contributed by atoms with Gasteiger partial charge < -0.3 is 0 Å². The number of halogens is 4. The van der Waals surface area contributed by atoms with Crippen molar-refractivity contribution in [2.24, 2.45) is 0 Å². The van der Waals surface area contributed by atoms with Crippen molar-refractivity contribution in [3.8, 4) is 11.1 Å². The quantitative estimate of drug-likeness (QED) is 0.586. The van der Waals surface area contributed by atoms with Gasteiger partial charge in [-0.25, -0.2) is 4.98 Å². The zero-order chi connectivity index (χ0) is 13.6. The van der Waals surface area contributed by atoms with E-state index in [9.17, 15) is 0 Å². The first-order chi connectivity index (χ1) is 9.09. The van der Waals surface area contributed by atoms with Crippen LogP contribution in [-0.2, 0) is 0 Å². The summed E-state index contributed by atoms with van der Waals surface area (Å²) in [6.07, 6.45) is 3.28. The van der Waals surface area contributed by atoms with Gasteiger partial charge in [-0.15, -0.1) is 0 Å². The minimum atomic E-state index is 0.207. The van der Waals surface area contributed by atoms with Crippen molar-refractivity contribution in [3.63, 3.8) is 0 Å². The maximum Gasteiger partial charge on any atom is 0.236 e. The van der Waals surface area contributed by atoms with Crippen molar-refractivity contribution in [1.82, 2.24) is 14.4 Å². The van der Waals surface area contributed by atoms with Gasteiger partial charge in [-0.05, 0) is 12.1 Å². The molecule has 0 saturated heterocycles. The minimum Gasteiger partial charge on any atom is -0.273 e. The summed E-state index contributed by atoms with van der Waals surface area (Å²) in [6, 6.07) is 5.18. The molecule has 3 nitrogen and oxygen atoms in total. The van der Waals surface area contributed by atoms with Crippen LogP contribution in [0.15, 0.2) is 30.6 Å². The van der Waals surface area contributed by atoms with Crippen molar-refractivity contribution in [1.29, 1.82) is 0 Å². The summed E-state index contributed by atoms with van der Waals surface area (Å²) in [4.78, 5) is 8.21. The van der Waals surface area contributed by atoms with E-state index in [1.54, 1.807) is 35.0 Å². The standard InChI is InChI=1S/C12H5Cl4N3/c13-6-2-1-3-7(14)8(6)9-10(15)18-12-17-4-5-19(12)11(9)16/h1-5H. The molecule has 0 radical (unpaired) electrons. The van der Waals surface area contributed by atoms with Gasteiger partial charge in [0, 0.05) is 18.0 Å². The van der Waals surface area contributed by atoms with E-state index in [-0.39, 0.29) is 5.15 Å². The summed E-state index contributed by atoms with van der Waals surface area (Å²) in [5.41, 5.74) is 1.05. The van der Waals surface area contributed by atoms with Crippen molar-refractivity contribution in [2.75, 3.05) is 0 Å². The molecule has 0 amide bonds. The zero-order valence-corrected chi connectivity index (χ0v) is 12.3. The Balaban J connectivity index is 2.42. The summed E-state index contributed by atoms with van der Waals surface area (Å²) in [6.45, 7) is 0. The molecule has 2 aromatic heterocycles. The molecule has 0 fully saturated rings. The highest BCUT2D eigenvalue weighted by Crippen LogP contribution is 2.41. The second-order valence-electron chi connectivity index (χ2n) is 3.76. The topological polar surface area (TPSA) is 30.2 Å². The number of aromatic nitrogens is 3. The third-order valence-corrected chi connectivity index (χ3v) is 3.93. The highest BCUT2D eigenvalue weighted by molar-refractivity contribution is 6.43. The summed E-state index contributed by atoms with van der Waals surface area (Å²) < 4.78 is 1.61. The molecule has 0 aliphatic heterocycles. The first-order valence-corrected chi connectivity index (χ1v) is 6.73. The van der Waals surface area contributed by atoms with Gasteiger partial charge in [-0.3, -0.25) is 4.40 Å². The molecule has 0 spiro atoms. The Bertz CT molecular complexity index is 762. The fraction of sp³-hybridized carbons (Fsp3) is 0. The van der Waals surface area contributed by atoms with E-state index in [0.717, 1.165) is 0 Å². The lowest BCUT2D eigenvalue weighted by atomic mass is 10.1. The van der Waals surface area contributed by atoms with E-state index < -0.39 is 0 Å². The van der Waals surface area contributed by atoms with Gasteiger partial charge in [0.25, 0.3) is 0 Å². The van der Waals surface area contributed by atoms with Crippen LogP contribution in [0.3, 0.4) is 0 Å². The SMILES string of the molecule is Clc1cccc(Cl)c1-c1c(Cl)nc2nccn2c1Cl. The molecule has 3 aromatic rings. The Labute approximate surface area is 128 Å². The lowest BCUT2D eigenvalue weighted by Gasteiger charge is -2.11. The largest absolute Gasteiger partial charge is 0.273 e. The molecule has 0 unspecified atom stereocenters. The van der Waals surface area contributed by atoms with Crippen molar-refractivity contribution < 1.29 is 0 Å². The van der Waals surface area contributed by atoms with E-state index >= 15 is 0 Å². The Morgan fingerprint density at radius 3 is 2.32 bits per heavy atom. The number of benzene rings is 1. The number of imidazole rings is 1. The molecular weight excluding hydrogens is 328 g/mol. The lowest BCUT2D eigenvalue weighted by Crippen LogP contribution is -1.96. The maximum atomic E-state index is 6.35. The van der Waals surface area contributed by atoms with Crippen LogP contribution >= 0.6 is 46.4 Å². The minimum absolute atomic E-state index is 0.207. The van der Waals surface area contributed by atoms with Gasteiger partial charge in [-0.1, -0.05) is 52.5 Å². The van der Waals surface area contributed by atoms with Crippen LogP contribution in [0.1, 0.15) is 0 Å². The molecule has 0 saturated carbocycles. The molecule has 2 heterocycles. The Kier molecular flexibility index (Phi) is 3.31. The molecule has 1 aromatic carbocycles. The molecule has 0 aliphatic carbocycles. The lowest BCUT2D eigenvalue weighted by molar-refractivity contribution is 1.11. The first kappa shape index (κ1) is 13.0. The van der Waals surface area contributed by atoms with Crippen molar-refractivity contribution in [2.45, 2.75) is 0 Å². The van der Waals surface area contributed by atoms with Crippen LogP contribution in [0.2, 0.25) is 20.4 Å². The number of rotatable bonds is 1. The predicted octanol–water partition coefficient (Wildman–Crippen LogP) is 5.01. The summed E-state index contributed by atoms with van der Waals surface area (Å²) >= 11 is 24.9. The summed E-state index contributed by atoms with van der Waals surface area (Å²) in [5, 5.41) is 1.48. The van der Waals surface area contributed by atoms with Crippen LogP contribution < -0.4 is 0 Å². The zero-order valence-electron chi connectivity index (χ0n) is 9.24. The number of nitrogens with zero attached hydrogens (tertiary/aromatic N) is 3. The van der Waals surface area contributed by atoms with Crippen molar-refractivity contribution >= 4 is 52.2 Å². The second-order valence-corrected chi connectivity index (χ2v) is 5.29. The van der Waals surface area contributed by atoms with Gasteiger partial charge in [0.2, 0.25) is 5.78 Å². The van der Waals surface area contributed by atoms with Crippen LogP contribution in [0.25, 0.3) is 16.9 Å². The molecular formula is C12H5Cl4N3. The fourth-order valence-electron chi connectivity index (χ4n) is 1.82. The van der Waals surface area contributed by atoms with E-state index in [1.165, 1.54) is 0 Å². The van der Waals surface area contributed by atoms with Crippen LogP contribution in [0, 0.1) is 0 Å². The van der Waals surface area contributed by atoms with E-state index in [2.05, 4.69) is 9.97 Å². The second kappa shape index (κ2) is 4.84. The van der Waals surface area contributed by atoms with Gasteiger partial charge in [-0.2, -0.15) is 4.98 Å². The van der Waals surface area contributed by atoms with E-state index in [1.807, 2.05) is 0 Å². The summed E-state index contributed by atoms with van der Waals surface area (Å²) in [5.74, 6) is 0.418. The van der Waals surface area contributed by atoms with Gasteiger partial charge in [0.1, 0.15) is 10.3 Å². The van der Waals surface area contributed by atoms with Gasteiger partial charge >= 0.3 is 0 Å². The molecule has 0 bridgehead atoms. The highest BCUT2D eigenvalue weighted by Gasteiger charge is 2.19. The Morgan fingerprint density at radius 2 is 1.63 bits per heavy atom. The molecule has 19 heavy (non-hydrogen) atoms. The molecule has 0 atom stereocenters. The summed E-state index contributed by atoms with van der Waals surface area (Å²) in [7, 11) is 0. The van der Waals surface area contributed by atoms with Crippen LogP contribution in [0.4, 0.5) is 0 Å². The maximum absolute atomic E-state index is 6.35. The number of fused-ring (bicyclic) bond motifs is 1. The molecule has 96 valence electrons. The average Bonchev–Trinajstić information content (AvgIpc) is 2.81. The molecule has 0 aliphatic rings. The predicted molar refractivity (Wildman–Crippen MR) is 78.5 cm³/mol. The Morgan fingerprint density at radius 1 is 0.947 bits per heavy atom. The first-order valence-electron chi connectivity index (χ1n) is 5.22. The monoisotopic (exact) mass is 331 g/mol. The average molecular weight is 333 g/mol. The highest BCUT2D eigenvalue weighted by atomic mass is 35.5. The fourth-order valence-corrected chi connectivity index (χ4v) is 3.03. The van der Waals surface area contributed by atoms with E-state index in [4.69, 9.17) is 46.4 Å². The third-order valence-electron chi connectivity index (χ3n) is 2.66. The number of hydrogen-bond acceptors (Lipinski definition) is 2. The van der Waals surface area contributed by atoms with Crippen molar-refractivity contribution in [3.05, 3.63) is 50.9 Å². The third kappa shape index (κ3) is 2.07. The van der Waals surface area contributed by atoms with E-state index in [0.29, 0.717) is 32.1 Å². The molecule has 7 heteroatoms. The van der Waals surface area contributed by atoms with Crippen LogP contribution in [0.5, 0.6) is 0 Å². The molecule has 0 N–H and O–H groups in total. The van der Waals surface area contributed by atoms with Gasteiger partial charge in [0.15, 0.2) is 0 Å². The van der Waals surface area contributed by atoms with Gasteiger partial charge in [0.05, 0.1) is 15.6 Å². The Hall–Kier alpha value is -1.00. The normalized spacial score (nSPS) is 11.2. The number of hydrogen-bond donors (Lipinski definition) is 0. The van der Waals surface area contributed by atoms with Crippen LogP contribution in [-0.4, -0.2) is 14.4 Å².